The van der Waals surface area contributed by atoms with Crippen LogP contribution in [0.3, 0.4) is 0 Å². The molecule has 8 heteroatoms. The van der Waals surface area contributed by atoms with Crippen molar-refractivity contribution in [2.24, 2.45) is 0 Å². The molecule has 1 saturated heterocycles. The summed E-state index contributed by atoms with van der Waals surface area (Å²) < 4.78 is 11.0. The highest BCUT2D eigenvalue weighted by Crippen LogP contribution is 2.35. The maximum Gasteiger partial charge on any atom is 0.309 e. The summed E-state index contributed by atoms with van der Waals surface area (Å²) in [4.78, 5) is 29.3. The van der Waals surface area contributed by atoms with E-state index in [-0.39, 0.29) is 12.8 Å². The Labute approximate surface area is 188 Å². The zero-order valence-electron chi connectivity index (χ0n) is 18.4. The Morgan fingerprint density at radius 2 is 1.66 bits per heavy atom. The molecule has 0 unspecified atom stereocenters. The summed E-state index contributed by atoms with van der Waals surface area (Å²) >= 11 is 0. The SMILES string of the molecule is CN1CCN([C@@H](CNC(=O)C(=O)NCCc2ccccc2)c2ccc3c(c2)OCO3)CC1. The molecule has 0 aliphatic carbocycles. The molecule has 0 aromatic heterocycles. The highest BCUT2D eigenvalue weighted by atomic mass is 16.7. The number of hydrogen-bond acceptors (Lipinski definition) is 6. The fourth-order valence-electron chi connectivity index (χ4n) is 4.03. The molecule has 2 amide bonds. The number of amides is 2. The van der Waals surface area contributed by atoms with Crippen molar-refractivity contribution in [1.29, 1.82) is 0 Å². The number of nitrogens with zero attached hydrogens (tertiary/aromatic N) is 2. The predicted octanol–water partition coefficient (Wildman–Crippen LogP) is 1.18. The standard InChI is InChI=1S/C24H30N4O4/c1-27-11-13-28(14-12-27)20(19-7-8-21-22(15-19)32-17-31-21)16-26-24(30)23(29)25-10-9-18-5-3-2-4-6-18/h2-8,15,20H,9-14,16-17H2,1H3,(H,25,29)(H,26,30)/t20-/m0/s1. The van der Waals surface area contributed by atoms with E-state index in [1.807, 2.05) is 48.5 Å². The third-order valence-corrected chi connectivity index (χ3v) is 5.96. The lowest BCUT2D eigenvalue weighted by Crippen LogP contribution is -2.49. The van der Waals surface area contributed by atoms with Crippen LogP contribution in [0.25, 0.3) is 0 Å². The van der Waals surface area contributed by atoms with E-state index in [2.05, 4.69) is 27.5 Å². The lowest BCUT2D eigenvalue weighted by atomic mass is 10.0. The fourth-order valence-corrected chi connectivity index (χ4v) is 4.03. The smallest absolute Gasteiger partial charge is 0.309 e. The summed E-state index contributed by atoms with van der Waals surface area (Å²) in [5.74, 6) is 0.223. The molecule has 0 spiro atoms. The van der Waals surface area contributed by atoms with E-state index < -0.39 is 11.8 Å². The molecule has 2 aliphatic heterocycles. The van der Waals surface area contributed by atoms with Gasteiger partial charge in [-0.2, -0.15) is 0 Å². The fraction of sp³-hybridized carbons (Fsp3) is 0.417. The molecule has 0 bridgehead atoms. The minimum absolute atomic E-state index is 0.0562. The molecule has 8 nitrogen and oxygen atoms in total. The molecule has 0 radical (unpaired) electrons. The van der Waals surface area contributed by atoms with Crippen LogP contribution in [-0.4, -0.2) is 74.7 Å². The molecule has 1 atom stereocenters. The second-order valence-corrected chi connectivity index (χ2v) is 8.17. The Hall–Kier alpha value is -3.10. The van der Waals surface area contributed by atoms with Gasteiger partial charge in [0.15, 0.2) is 11.5 Å². The number of rotatable bonds is 7. The van der Waals surface area contributed by atoms with Gasteiger partial charge >= 0.3 is 11.8 Å². The van der Waals surface area contributed by atoms with Gasteiger partial charge in [-0.3, -0.25) is 14.5 Å². The molecule has 2 N–H and O–H groups in total. The molecule has 2 heterocycles. The molecular weight excluding hydrogens is 408 g/mol. The molecule has 2 aliphatic rings. The molecule has 4 rings (SSSR count). The molecule has 1 fully saturated rings. The summed E-state index contributed by atoms with van der Waals surface area (Å²) in [6.07, 6.45) is 0.682. The molecule has 0 saturated carbocycles. The molecule has 2 aromatic carbocycles. The van der Waals surface area contributed by atoms with Crippen LogP contribution >= 0.6 is 0 Å². The number of piperazine rings is 1. The number of likely N-dealkylation sites (N-methyl/N-ethyl adjacent to an activating group) is 1. The van der Waals surface area contributed by atoms with Crippen molar-refractivity contribution in [3.63, 3.8) is 0 Å². The Balaban J connectivity index is 1.35. The maximum absolute atomic E-state index is 12.4. The largest absolute Gasteiger partial charge is 0.454 e. The van der Waals surface area contributed by atoms with Crippen LogP contribution in [0.5, 0.6) is 11.5 Å². The van der Waals surface area contributed by atoms with Crippen molar-refractivity contribution in [2.75, 3.05) is 53.1 Å². The topological polar surface area (TPSA) is 83.1 Å². The quantitative estimate of drug-likeness (QED) is 0.632. The number of benzene rings is 2. The monoisotopic (exact) mass is 438 g/mol. The summed E-state index contributed by atoms with van der Waals surface area (Å²) in [7, 11) is 2.11. The first-order chi connectivity index (χ1) is 15.6. The lowest BCUT2D eigenvalue weighted by Gasteiger charge is -2.38. The third kappa shape index (κ3) is 5.57. The maximum atomic E-state index is 12.4. The normalized spacial score (nSPS) is 17.0. The highest BCUT2D eigenvalue weighted by molar-refractivity contribution is 6.35. The van der Waals surface area contributed by atoms with Gasteiger partial charge in [0.05, 0.1) is 6.04 Å². The number of carbonyl (C=O) groups is 2. The Morgan fingerprint density at radius 1 is 0.938 bits per heavy atom. The van der Waals surface area contributed by atoms with Gasteiger partial charge in [0, 0.05) is 39.3 Å². The molecular formula is C24H30N4O4. The van der Waals surface area contributed by atoms with Crippen LogP contribution in [0.15, 0.2) is 48.5 Å². The average Bonchev–Trinajstić information content (AvgIpc) is 3.29. The average molecular weight is 439 g/mol. The van der Waals surface area contributed by atoms with Gasteiger partial charge in [0.1, 0.15) is 0 Å². The van der Waals surface area contributed by atoms with E-state index >= 15 is 0 Å². The number of fused-ring (bicyclic) bond motifs is 1. The van der Waals surface area contributed by atoms with Gasteiger partial charge in [-0.05, 0) is 36.7 Å². The highest BCUT2D eigenvalue weighted by Gasteiger charge is 2.27. The van der Waals surface area contributed by atoms with Gasteiger partial charge in [-0.15, -0.1) is 0 Å². The van der Waals surface area contributed by atoms with E-state index in [0.29, 0.717) is 25.3 Å². The predicted molar refractivity (Wildman–Crippen MR) is 121 cm³/mol. The van der Waals surface area contributed by atoms with Crippen molar-refractivity contribution in [3.8, 4) is 11.5 Å². The van der Waals surface area contributed by atoms with Crippen LogP contribution in [0.1, 0.15) is 17.2 Å². The third-order valence-electron chi connectivity index (χ3n) is 5.96. The van der Waals surface area contributed by atoms with Gasteiger partial charge < -0.3 is 25.0 Å². The van der Waals surface area contributed by atoms with E-state index in [1.54, 1.807) is 0 Å². The molecule has 32 heavy (non-hydrogen) atoms. The van der Waals surface area contributed by atoms with Crippen LogP contribution in [0.4, 0.5) is 0 Å². The van der Waals surface area contributed by atoms with Crippen molar-refractivity contribution < 1.29 is 19.1 Å². The van der Waals surface area contributed by atoms with E-state index in [4.69, 9.17) is 9.47 Å². The van der Waals surface area contributed by atoms with Gasteiger partial charge in [0.2, 0.25) is 6.79 Å². The summed E-state index contributed by atoms with van der Waals surface area (Å²) in [5.41, 5.74) is 2.15. The Bertz CT molecular complexity index is 929. The minimum Gasteiger partial charge on any atom is -0.454 e. The first-order valence-electron chi connectivity index (χ1n) is 11.0. The van der Waals surface area contributed by atoms with Crippen molar-refractivity contribution in [1.82, 2.24) is 20.4 Å². The molecule has 2 aromatic rings. The second-order valence-electron chi connectivity index (χ2n) is 8.17. The minimum atomic E-state index is -0.613. The number of nitrogens with one attached hydrogen (secondary N) is 2. The zero-order chi connectivity index (χ0) is 22.3. The summed E-state index contributed by atoms with van der Waals surface area (Å²) in [5, 5.41) is 5.53. The summed E-state index contributed by atoms with van der Waals surface area (Å²) in [6.45, 7) is 4.65. The van der Waals surface area contributed by atoms with Crippen LogP contribution in [-0.2, 0) is 16.0 Å². The second kappa shape index (κ2) is 10.5. The van der Waals surface area contributed by atoms with Gasteiger partial charge in [-0.25, -0.2) is 0 Å². The van der Waals surface area contributed by atoms with Crippen LogP contribution in [0, 0.1) is 0 Å². The Kier molecular flexibility index (Phi) is 7.24. The van der Waals surface area contributed by atoms with Crippen molar-refractivity contribution in [2.45, 2.75) is 12.5 Å². The first kappa shape index (κ1) is 22.1. The summed E-state index contributed by atoms with van der Waals surface area (Å²) in [6, 6.07) is 15.7. The molecule has 170 valence electrons. The number of carbonyl (C=O) groups excluding carboxylic acids is 2. The lowest BCUT2D eigenvalue weighted by molar-refractivity contribution is -0.139. The first-order valence-corrected chi connectivity index (χ1v) is 11.0. The van der Waals surface area contributed by atoms with Gasteiger partial charge in [0.25, 0.3) is 0 Å². The van der Waals surface area contributed by atoms with Crippen LogP contribution in [0.2, 0.25) is 0 Å². The van der Waals surface area contributed by atoms with E-state index in [0.717, 1.165) is 43.1 Å². The van der Waals surface area contributed by atoms with Crippen LogP contribution < -0.4 is 20.1 Å². The zero-order valence-corrected chi connectivity index (χ0v) is 18.4. The number of ether oxygens (including phenoxy) is 2. The number of hydrogen-bond donors (Lipinski definition) is 2. The van der Waals surface area contributed by atoms with E-state index in [1.165, 1.54) is 0 Å². The van der Waals surface area contributed by atoms with Crippen molar-refractivity contribution >= 4 is 11.8 Å². The van der Waals surface area contributed by atoms with Crippen molar-refractivity contribution in [3.05, 3.63) is 59.7 Å². The van der Waals surface area contributed by atoms with Gasteiger partial charge in [-0.1, -0.05) is 36.4 Å². The van der Waals surface area contributed by atoms with E-state index in [9.17, 15) is 9.59 Å². The Morgan fingerprint density at radius 3 is 2.44 bits per heavy atom.